The molecular weight excluding hydrogens is 299 g/mol. The summed E-state index contributed by atoms with van der Waals surface area (Å²) in [7, 11) is 0. The molecule has 0 aliphatic carbocycles. The van der Waals surface area contributed by atoms with Gasteiger partial charge in [0, 0.05) is 12.7 Å². The minimum atomic E-state index is -0.770. The zero-order chi connectivity index (χ0) is 15.0. The fourth-order valence-electron chi connectivity index (χ4n) is 2.38. The normalized spacial score (nSPS) is 22.4. The van der Waals surface area contributed by atoms with E-state index in [1.807, 2.05) is 0 Å². The Bertz CT molecular complexity index is 690. The SMILES string of the molecule is O=C(NC1CCNCC1O)c1nc2ccc(Cl)cn2c1F. The number of aromatic nitrogens is 2. The Morgan fingerprint density at radius 3 is 3.14 bits per heavy atom. The van der Waals surface area contributed by atoms with Crippen LogP contribution in [0.1, 0.15) is 16.9 Å². The van der Waals surface area contributed by atoms with E-state index < -0.39 is 24.0 Å². The smallest absolute Gasteiger partial charge is 0.274 e. The number of hydrogen-bond donors (Lipinski definition) is 3. The number of pyridine rings is 1. The van der Waals surface area contributed by atoms with Crippen molar-refractivity contribution >= 4 is 23.2 Å². The average molecular weight is 313 g/mol. The summed E-state index contributed by atoms with van der Waals surface area (Å²) in [5.74, 6) is -1.41. The zero-order valence-corrected chi connectivity index (χ0v) is 11.8. The molecule has 0 aromatic carbocycles. The van der Waals surface area contributed by atoms with E-state index in [4.69, 9.17) is 11.6 Å². The molecule has 6 nitrogen and oxygen atoms in total. The zero-order valence-electron chi connectivity index (χ0n) is 11.0. The molecule has 0 spiro atoms. The molecule has 0 radical (unpaired) electrons. The fourth-order valence-corrected chi connectivity index (χ4v) is 2.54. The van der Waals surface area contributed by atoms with E-state index in [0.717, 1.165) is 4.40 Å². The van der Waals surface area contributed by atoms with Gasteiger partial charge >= 0.3 is 0 Å². The first-order valence-corrected chi connectivity index (χ1v) is 6.97. The van der Waals surface area contributed by atoms with Crippen molar-refractivity contribution in [1.29, 1.82) is 0 Å². The van der Waals surface area contributed by atoms with Crippen molar-refractivity contribution in [2.24, 2.45) is 0 Å². The quantitative estimate of drug-likeness (QED) is 0.758. The molecule has 2 atom stereocenters. The molecule has 8 heteroatoms. The lowest BCUT2D eigenvalue weighted by atomic mass is 10.0. The van der Waals surface area contributed by atoms with Crippen LogP contribution in [0.15, 0.2) is 18.3 Å². The molecule has 2 aromatic rings. The lowest BCUT2D eigenvalue weighted by Crippen LogP contribution is -2.52. The summed E-state index contributed by atoms with van der Waals surface area (Å²) in [5, 5.41) is 15.8. The minimum Gasteiger partial charge on any atom is -0.390 e. The van der Waals surface area contributed by atoms with Crippen molar-refractivity contribution in [1.82, 2.24) is 20.0 Å². The molecule has 1 fully saturated rings. The maximum absolute atomic E-state index is 14.2. The molecule has 0 saturated carbocycles. The molecule has 2 aromatic heterocycles. The number of nitrogens with zero attached hydrogens (tertiary/aromatic N) is 2. The number of piperidine rings is 1. The Morgan fingerprint density at radius 2 is 2.38 bits per heavy atom. The molecule has 2 unspecified atom stereocenters. The van der Waals surface area contributed by atoms with Crippen LogP contribution in [0.4, 0.5) is 4.39 Å². The summed E-state index contributed by atoms with van der Waals surface area (Å²) in [6, 6.07) is 2.69. The molecule has 1 amide bonds. The first-order chi connectivity index (χ1) is 10.1. The predicted octanol–water partition coefficient (Wildman–Crippen LogP) is 0.579. The average Bonchev–Trinajstić information content (AvgIpc) is 2.79. The van der Waals surface area contributed by atoms with E-state index in [-0.39, 0.29) is 5.69 Å². The van der Waals surface area contributed by atoms with Crippen LogP contribution >= 0.6 is 11.6 Å². The summed E-state index contributed by atoms with van der Waals surface area (Å²) >= 11 is 5.80. The Kier molecular flexibility index (Phi) is 3.79. The molecule has 0 bridgehead atoms. The molecular formula is C13H14ClFN4O2. The number of aliphatic hydroxyl groups is 1. The highest BCUT2D eigenvalue weighted by molar-refractivity contribution is 6.30. The van der Waals surface area contributed by atoms with Crippen molar-refractivity contribution in [2.75, 3.05) is 13.1 Å². The maximum atomic E-state index is 14.2. The summed E-state index contributed by atoms with van der Waals surface area (Å²) in [4.78, 5) is 16.1. The number of halogens is 2. The summed E-state index contributed by atoms with van der Waals surface area (Å²) < 4.78 is 15.3. The van der Waals surface area contributed by atoms with Crippen LogP contribution in [0.5, 0.6) is 0 Å². The highest BCUT2D eigenvalue weighted by atomic mass is 35.5. The van der Waals surface area contributed by atoms with E-state index >= 15 is 0 Å². The topological polar surface area (TPSA) is 78.7 Å². The number of hydrogen-bond acceptors (Lipinski definition) is 4. The van der Waals surface area contributed by atoms with E-state index in [1.54, 1.807) is 6.07 Å². The largest absolute Gasteiger partial charge is 0.390 e. The third-order valence-electron chi connectivity index (χ3n) is 3.51. The third kappa shape index (κ3) is 2.72. The molecule has 1 saturated heterocycles. The number of rotatable bonds is 2. The Hall–Kier alpha value is -1.70. The van der Waals surface area contributed by atoms with Crippen LogP contribution in [-0.2, 0) is 0 Å². The van der Waals surface area contributed by atoms with Gasteiger partial charge in [0.25, 0.3) is 5.91 Å². The number of aliphatic hydroxyl groups excluding tert-OH is 1. The Labute approximate surface area is 124 Å². The molecule has 3 rings (SSSR count). The Balaban J connectivity index is 1.86. The number of imidazole rings is 1. The van der Waals surface area contributed by atoms with Gasteiger partial charge in [0.1, 0.15) is 5.65 Å². The van der Waals surface area contributed by atoms with E-state index in [1.165, 1.54) is 12.3 Å². The summed E-state index contributed by atoms with van der Waals surface area (Å²) in [5.41, 5.74) is -0.00379. The van der Waals surface area contributed by atoms with E-state index in [2.05, 4.69) is 15.6 Å². The first-order valence-electron chi connectivity index (χ1n) is 6.59. The van der Waals surface area contributed by atoms with Gasteiger partial charge in [-0.2, -0.15) is 4.39 Å². The van der Waals surface area contributed by atoms with Crippen molar-refractivity contribution in [2.45, 2.75) is 18.6 Å². The number of fused-ring (bicyclic) bond motifs is 1. The second-order valence-corrected chi connectivity index (χ2v) is 5.40. The van der Waals surface area contributed by atoms with Crippen LogP contribution < -0.4 is 10.6 Å². The number of carbonyl (C=O) groups excluding carboxylic acids is 1. The van der Waals surface area contributed by atoms with E-state index in [0.29, 0.717) is 30.2 Å². The van der Waals surface area contributed by atoms with Gasteiger partial charge in [0.2, 0.25) is 5.95 Å². The van der Waals surface area contributed by atoms with E-state index in [9.17, 15) is 14.3 Å². The van der Waals surface area contributed by atoms with Crippen molar-refractivity contribution in [3.8, 4) is 0 Å². The van der Waals surface area contributed by atoms with Crippen LogP contribution in [0.25, 0.3) is 5.65 Å². The molecule has 112 valence electrons. The maximum Gasteiger partial charge on any atom is 0.274 e. The highest BCUT2D eigenvalue weighted by Crippen LogP contribution is 2.16. The van der Waals surface area contributed by atoms with Crippen LogP contribution in [-0.4, -0.2) is 45.6 Å². The standard InChI is InChI=1S/C13H14ClFN4O2/c14-7-1-2-10-18-11(12(15)19(10)6-7)13(21)17-8-3-4-16-5-9(8)20/h1-2,6,8-9,16,20H,3-5H2,(H,17,21). The molecule has 3 heterocycles. The van der Waals surface area contributed by atoms with Gasteiger partial charge < -0.3 is 15.7 Å². The monoisotopic (exact) mass is 312 g/mol. The first kappa shape index (κ1) is 14.2. The Morgan fingerprint density at radius 1 is 1.57 bits per heavy atom. The van der Waals surface area contributed by atoms with Crippen LogP contribution in [0.3, 0.4) is 0 Å². The lowest BCUT2D eigenvalue weighted by Gasteiger charge is -2.28. The minimum absolute atomic E-state index is 0.299. The van der Waals surface area contributed by atoms with Gasteiger partial charge in [-0.15, -0.1) is 0 Å². The molecule has 21 heavy (non-hydrogen) atoms. The number of nitrogens with one attached hydrogen (secondary N) is 2. The number of β-amino-alcohol motifs (C(OH)–C–C–N with tert-alkyl or cyclic N) is 1. The third-order valence-corrected chi connectivity index (χ3v) is 3.73. The van der Waals surface area contributed by atoms with Gasteiger partial charge in [0.05, 0.1) is 17.2 Å². The number of carbonyl (C=O) groups is 1. The molecule has 3 N–H and O–H groups in total. The van der Waals surface area contributed by atoms with Gasteiger partial charge in [-0.25, -0.2) is 4.98 Å². The fraction of sp³-hybridized carbons (Fsp3) is 0.385. The van der Waals surface area contributed by atoms with Gasteiger partial charge in [-0.3, -0.25) is 9.20 Å². The summed E-state index contributed by atoms with van der Waals surface area (Å²) in [6.07, 6.45) is 1.24. The molecule has 1 aliphatic rings. The van der Waals surface area contributed by atoms with Gasteiger partial charge in [0.15, 0.2) is 5.69 Å². The van der Waals surface area contributed by atoms with Crippen molar-refractivity contribution in [3.05, 3.63) is 35.0 Å². The van der Waals surface area contributed by atoms with Gasteiger partial charge in [-0.1, -0.05) is 11.6 Å². The second-order valence-electron chi connectivity index (χ2n) is 4.97. The van der Waals surface area contributed by atoms with Crippen molar-refractivity contribution < 1.29 is 14.3 Å². The second kappa shape index (κ2) is 5.59. The lowest BCUT2D eigenvalue weighted by molar-refractivity contribution is 0.0758. The summed E-state index contributed by atoms with van der Waals surface area (Å²) in [6.45, 7) is 1.08. The predicted molar refractivity (Wildman–Crippen MR) is 74.9 cm³/mol. The van der Waals surface area contributed by atoms with Crippen LogP contribution in [0, 0.1) is 5.95 Å². The number of amides is 1. The van der Waals surface area contributed by atoms with Crippen LogP contribution in [0.2, 0.25) is 5.02 Å². The van der Waals surface area contributed by atoms with Crippen molar-refractivity contribution in [3.63, 3.8) is 0 Å². The highest BCUT2D eigenvalue weighted by Gasteiger charge is 2.27. The van der Waals surface area contributed by atoms with Gasteiger partial charge in [-0.05, 0) is 25.1 Å². The molecule has 1 aliphatic heterocycles.